The van der Waals surface area contributed by atoms with E-state index in [0.717, 1.165) is 0 Å². The van der Waals surface area contributed by atoms with Gasteiger partial charge in [0.1, 0.15) is 5.82 Å². The van der Waals surface area contributed by atoms with Crippen molar-refractivity contribution in [3.63, 3.8) is 0 Å². The van der Waals surface area contributed by atoms with Crippen LogP contribution in [0.1, 0.15) is 25.2 Å². The number of aromatic nitrogens is 2. The molecule has 3 aromatic rings. The van der Waals surface area contributed by atoms with Crippen LogP contribution in [0, 0.1) is 0 Å². The number of nitrogens with zero attached hydrogens (tertiary/aromatic N) is 3. The summed E-state index contributed by atoms with van der Waals surface area (Å²) in [5.41, 5.74) is 0.917. The Bertz CT molecular complexity index is 1100. The summed E-state index contributed by atoms with van der Waals surface area (Å²) in [6.07, 6.45) is 0.580. The van der Waals surface area contributed by atoms with Gasteiger partial charge in [-0.25, -0.2) is 9.78 Å². The van der Waals surface area contributed by atoms with Crippen molar-refractivity contribution in [1.82, 2.24) is 14.5 Å². The molecular weight excluding hydrogens is 399 g/mol. The number of anilines is 1. The Morgan fingerprint density at radius 1 is 1.25 bits per heavy atom. The van der Waals surface area contributed by atoms with E-state index in [9.17, 15) is 9.59 Å². The van der Waals surface area contributed by atoms with E-state index in [1.807, 2.05) is 13.0 Å². The molecule has 0 saturated heterocycles. The highest BCUT2D eigenvalue weighted by molar-refractivity contribution is 6.36. The molecule has 0 bridgehead atoms. The highest BCUT2D eigenvalue weighted by Crippen LogP contribution is 2.27. The molecule has 0 aliphatic carbocycles. The summed E-state index contributed by atoms with van der Waals surface area (Å²) in [5, 5.41) is 4.15. The van der Waals surface area contributed by atoms with Gasteiger partial charge < -0.3 is 10.2 Å². The SMILES string of the molecule is CCC(c1nc2ccccc2c(=O)n1C)N(C)C(=O)Nc1ccc(Cl)cc1Cl. The summed E-state index contributed by atoms with van der Waals surface area (Å²) < 4.78 is 1.50. The number of carbonyl (C=O) groups excluding carboxylic acids is 1. The first-order valence-corrected chi connectivity index (χ1v) is 9.53. The zero-order chi connectivity index (χ0) is 20.4. The van der Waals surface area contributed by atoms with Gasteiger partial charge in [-0.2, -0.15) is 0 Å². The van der Waals surface area contributed by atoms with Crippen LogP contribution < -0.4 is 10.9 Å². The number of urea groups is 1. The van der Waals surface area contributed by atoms with Crippen LogP contribution in [0.2, 0.25) is 10.0 Å². The molecule has 146 valence electrons. The maximum atomic E-state index is 12.8. The molecule has 0 aliphatic heterocycles. The first-order chi connectivity index (χ1) is 13.3. The Morgan fingerprint density at radius 3 is 2.64 bits per heavy atom. The van der Waals surface area contributed by atoms with E-state index < -0.39 is 6.04 Å². The van der Waals surface area contributed by atoms with Crippen molar-refractivity contribution < 1.29 is 4.79 Å². The van der Waals surface area contributed by atoms with Crippen molar-refractivity contribution >= 4 is 45.8 Å². The van der Waals surface area contributed by atoms with Crippen LogP contribution in [0.3, 0.4) is 0 Å². The van der Waals surface area contributed by atoms with Gasteiger partial charge in [-0.3, -0.25) is 9.36 Å². The quantitative estimate of drug-likeness (QED) is 0.657. The van der Waals surface area contributed by atoms with Crippen molar-refractivity contribution in [2.24, 2.45) is 7.05 Å². The van der Waals surface area contributed by atoms with Gasteiger partial charge in [0.05, 0.1) is 27.7 Å². The van der Waals surface area contributed by atoms with Gasteiger partial charge in [-0.05, 0) is 36.8 Å². The number of halogens is 2. The third-order valence-corrected chi connectivity index (χ3v) is 5.21. The second-order valence-corrected chi connectivity index (χ2v) is 7.28. The van der Waals surface area contributed by atoms with E-state index >= 15 is 0 Å². The van der Waals surface area contributed by atoms with Crippen LogP contribution in [0.25, 0.3) is 10.9 Å². The summed E-state index contributed by atoms with van der Waals surface area (Å²) >= 11 is 12.0. The topological polar surface area (TPSA) is 67.2 Å². The monoisotopic (exact) mass is 418 g/mol. The predicted molar refractivity (Wildman–Crippen MR) is 113 cm³/mol. The Kier molecular flexibility index (Phi) is 5.91. The number of benzene rings is 2. The van der Waals surface area contributed by atoms with E-state index in [2.05, 4.69) is 10.3 Å². The molecule has 8 heteroatoms. The molecule has 6 nitrogen and oxygen atoms in total. The van der Waals surface area contributed by atoms with Crippen molar-refractivity contribution in [2.75, 3.05) is 12.4 Å². The second kappa shape index (κ2) is 8.20. The van der Waals surface area contributed by atoms with E-state index in [0.29, 0.717) is 38.9 Å². The first-order valence-electron chi connectivity index (χ1n) is 8.78. The number of amides is 2. The molecule has 3 rings (SSSR count). The third kappa shape index (κ3) is 3.84. The van der Waals surface area contributed by atoms with Gasteiger partial charge in [0.25, 0.3) is 5.56 Å². The molecule has 0 radical (unpaired) electrons. The van der Waals surface area contributed by atoms with Crippen LogP contribution in [-0.4, -0.2) is 27.5 Å². The second-order valence-electron chi connectivity index (χ2n) is 6.44. The standard InChI is InChI=1S/C20H20Cl2N4O2/c1-4-17(18-23-15-8-6-5-7-13(15)19(27)26(18)3)25(2)20(28)24-16-10-9-12(21)11-14(16)22/h5-11,17H,4H2,1-3H3,(H,24,28). The lowest BCUT2D eigenvalue weighted by molar-refractivity contribution is 0.198. The lowest BCUT2D eigenvalue weighted by atomic mass is 10.1. The van der Waals surface area contributed by atoms with Crippen LogP contribution >= 0.6 is 23.2 Å². The predicted octanol–water partition coefficient (Wildman–Crippen LogP) is 4.86. The van der Waals surface area contributed by atoms with Gasteiger partial charge in [0.2, 0.25) is 0 Å². The molecular formula is C20H20Cl2N4O2. The Labute approximate surface area is 172 Å². The number of rotatable bonds is 4. The zero-order valence-corrected chi connectivity index (χ0v) is 17.3. The van der Waals surface area contributed by atoms with Gasteiger partial charge in [-0.1, -0.05) is 42.3 Å². The van der Waals surface area contributed by atoms with Crippen LogP contribution in [0.4, 0.5) is 10.5 Å². The van der Waals surface area contributed by atoms with E-state index in [1.165, 1.54) is 9.47 Å². The highest BCUT2D eigenvalue weighted by atomic mass is 35.5. The maximum absolute atomic E-state index is 12.8. The minimum absolute atomic E-state index is 0.145. The summed E-state index contributed by atoms with van der Waals surface area (Å²) in [6.45, 7) is 1.94. The number of hydrogen-bond acceptors (Lipinski definition) is 3. The lowest BCUT2D eigenvalue weighted by Gasteiger charge is -2.28. The normalized spacial score (nSPS) is 12.0. The van der Waals surface area contributed by atoms with Gasteiger partial charge in [0.15, 0.2) is 0 Å². The minimum Gasteiger partial charge on any atom is -0.317 e. The van der Waals surface area contributed by atoms with Crippen molar-refractivity contribution in [1.29, 1.82) is 0 Å². The van der Waals surface area contributed by atoms with E-state index in [4.69, 9.17) is 23.2 Å². The Hall–Kier alpha value is -2.57. The van der Waals surface area contributed by atoms with Gasteiger partial charge in [0, 0.05) is 19.1 Å². The van der Waals surface area contributed by atoms with Crippen molar-refractivity contribution in [3.8, 4) is 0 Å². The number of nitrogens with one attached hydrogen (secondary N) is 1. The first kappa shape index (κ1) is 20.2. The van der Waals surface area contributed by atoms with E-state index in [1.54, 1.807) is 50.5 Å². The summed E-state index contributed by atoms with van der Waals surface area (Å²) in [4.78, 5) is 31.7. The van der Waals surface area contributed by atoms with E-state index in [-0.39, 0.29) is 11.6 Å². The molecule has 2 aromatic carbocycles. The molecule has 28 heavy (non-hydrogen) atoms. The largest absolute Gasteiger partial charge is 0.322 e. The molecule has 1 unspecified atom stereocenters. The molecule has 0 saturated carbocycles. The fraction of sp³-hybridized carbons (Fsp3) is 0.250. The summed E-state index contributed by atoms with van der Waals surface area (Å²) in [6, 6.07) is 11.3. The van der Waals surface area contributed by atoms with Crippen LogP contribution in [-0.2, 0) is 7.05 Å². The molecule has 1 heterocycles. The molecule has 2 amide bonds. The fourth-order valence-electron chi connectivity index (χ4n) is 3.10. The smallest absolute Gasteiger partial charge is 0.317 e. The average Bonchev–Trinajstić information content (AvgIpc) is 2.68. The Balaban J connectivity index is 1.94. The molecule has 0 spiro atoms. The maximum Gasteiger partial charge on any atom is 0.322 e. The van der Waals surface area contributed by atoms with Gasteiger partial charge in [-0.15, -0.1) is 0 Å². The third-order valence-electron chi connectivity index (χ3n) is 4.66. The molecule has 0 aliphatic rings. The molecule has 0 fully saturated rings. The fourth-order valence-corrected chi connectivity index (χ4v) is 3.55. The van der Waals surface area contributed by atoms with Crippen molar-refractivity contribution in [3.05, 3.63) is 68.7 Å². The summed E-state index contributed by atoms with van der Waals surface area (Å²) in [5.74, 6) is 0.519. The van der Waals surface area contributed by atoms with Crippen molar-refractivity contribution in [2.45, 2.75) is 19.4 Å². The van der Waals surface area contributed by atoms with Crippen LogP contribution in [0.15, 0.2) is 47.3 Å². The number of hydrogen-bond donors (Lipinski definition) is 1. The minimum atomic E-state index is -0.395. The number of fused-ring (bicyclic) bond motifs is 1. The lowest BCUT2D eigenvalue weighted by Crippen LogP contribution is -2.38. The molecule has 1 N–H and O–H groups in total. The average molecular weight is 419 g/mol. The molecule has 1 atom stereocenters. The molecule has 1 aromatic heterocycles. The highest BCUT2D eigenvalue weighted by Gasteiger charge is 2.25. The number of carbonyl (C=O) groups is 1. The number of para-hydroxylation sites is 1. The van der Waals surface area contributed by atoms with Gasteiger partial charge >= 0.3 is 6.03 Å². The summed E-state index contributed by atoms with van der Waals surface area (Å²) in [7, 11) is 3.33. The Morgan fingerprint density at radius 2 is 1.96 bits per heavy atom. The van der Waals surface area contributed by atoms with Crippen LogP contribution in [0.5, 0.6) is 0 Å². The zero-order valence-electron chi connectivity index (χ0n) is 15.7.